The summed E-state index contributed by atoms with van der Waals surface area (Å²) in [5.41, 5.74) is 4.85. The lowest BCUT2D eigenvalue weighted by Gasteiger charge is -2.33. The molecule has 3 N–H and O–H groups in total. The van der Waals surface area contributed by atoms with Gasteiger partial charge >= 0.3 is 0 Å². The fraction of sp³-hybridized carbons (Fsp3) is 0.467. The van der Waals surface area contributed by atoms with Crippen LogP contribution in [0.5, 0.6) is 0 Å². The van der Waals surface area contributed by atoms with Crippen LogP contribution in [0.25, 0.3) is 0 Å². The summed E-state index contributed by atoms with van der Waals surface area (Å²) in [4.78, 5) is 12.5. The summed E-state index contributed by atoms with van der Waals surface area (Å²) in [6.07, 6.45) is 5.23. The van der Waals surface area contributed by atoms with Gasteiger partial charge in [0.05, 0.1) is 16.1 Å². The zero-order valence-electron chi connectivity index (χ0n) is 11.6. The highest BCUT2D eigenvalue weighted by atomic mass is 32.1. The number of amides is 1. The van der Waals surface area contributed by atoms with E-state index in [0.717, 1.165) is 37.8 Å². The Morgan fingerprint density at radius 1 is 1.19 bits per heavy atom. The number of halogens is 2. The van der Waals surface area contributed by atoms with Crippen LogP contribution in [-0.2, 0) is 0 Å². The van der Waals surface area contributed by atoms with Gasteiger partial charge in [0, 0.05) is 6.07 Å². The number of nitrogens with two attached hydrogens (primary N) is 1. The quantitative estimate of drug-likeness (QED) is 0.666. The van der Waals surface area contributed by atoms with E-state index in [0.29, 0.717) is 18.9 Å². The molecule has 1 amide bonds. The molecule has 1 aliphatic carbocycles. The standard InChI is InChI=1S/C15H18F2N2OS/c16-10-5-6-11(12(17)9-10)13(20)19-15(14(18)21)7-3-1-2-4-8-15/h5-6,9H,1-4,7-8H2,(H2,18,21)(H,19,20). The predicted octanol–water partition coefficient (Wildman–Crippen LogP) is 3.07. The van der Waals surface area contributed by atoms with Crippen molar-refractivity contribution in [2.75, 3.05) is 0 Å². The summed E-state index contributed by atoms with van der Waals surface area (Å²) in [6, 6.07) is 2.87. The molecule has 2 rings (SSSR count). The van der Waals surface area contributed by atoms with Crippen LogP contribution in [0.3, 0.4) is 0 Å². The first-order valence-corrected chi connectivity index (χ1v) is 7.43. The fourth-order valence-electron chi connectivity index (χ4n) is 2.72. The Bertz CT molecular complexity index is 555. The molecule has 0 radical (unpaired) electrons. The molecule has 0 aromatic heterocycles. The van der Waals surface area contributed by atoms with E-state index in [1.807, 2.05) is 0 Å². The molecule has 3 nitrogen and oxygen atoms in total. The van der Waals surface area contributed by atoms with Crippen molar-refractivity contribution in [1.29, 1.82) is 0 Å². The molecule has 1 aromatic rings. The van der Waals surface area contributed by atoms with Crippen molar-refractivity contribution in [3.63, 3.8) is 0 Å². The minimum Gasteiger partial charge on any atom is -0.391 e. The molecule has 1 fully saturated rings. The Balaban J connectivity index is 2.24. The summed E-state index contributed by atoms with van der Waals surface area (Å²) in [7, 11) is 0. The van der Waals surface area contributed by atoms with Crippen LogP contribution in [0.1, 0.15) is 48.9 Å². The number of carbonyl (C=O) groups excluding carboxylic acids is 1. The SMILES string of the molecule is NC(=S)C1(NC(=O)c2ccc(F)cc2F)CCCCCC1. The average molecular weight is 312 g/mol. The number of hydrogen-bond donors (Lipinski definition) is 2. The first kappa shape index (κ1) is 15.8. The molecule has 1 saturated carbocycles. The van der Waals surface area contributed by atoms with Gasteiger partial charge in [-0.05, 0) is 25.0 Å². The van der Waals surface area contributed by atoms with E-state index in [2.05, 4.69) is 5.32 Å². The summed E-state index contributed by atoms with van der Waals surface area (Å²) in [6.45, 7) is 0. The highest BCUT2D eigenvalue weighted by Crippen LogP contribution is 2.28. The highest BCUT2D eigenvalue weighted by Gasteiger charge is 2.36. The van der Waals surface area contributed by atoms with E-state index >= 15 is 0 Å². The smallest absolute Gasteiger partial charge is 0.255 e. The molecule has 6 heteroatoms. The van der Waals surface area contributed by atoms with Crippen LogP contribution in [-0.4, -0.2) is 16.4 Å². The number of thiocarbonyl (C=S) groups is 1. The van der Waals surface area contributed by atoms with Crippen LogP contribution < -0.4 is 11.1 Å². The number of hydrogen-bond acceptors (Lipinski definition) is 2. The van der Waals surface area contributed by atoms with E-state index in [9.17, 15) is 13.6 Å². The van der Waals surface area contributed by atoms with Gasteiger partial charge in [0.25, 0.3) is 5.91 Å². The van der Waals surface area contributed by atoms with Gasteiger partial charge in [-0.1, -0.05) is 37.9 Å². The van der Waals surface area contributed by atoms with Gasteiger partial charge in [-0.25, -0.2) is 8.78 Å². The summed E-state index contributed by atoms with van der Waals surface area (Å²) in [5, 5.41) is 2.78. The second kappa shape index (κ2) is 6.47. The van der Waals surface area contributed by atoms with E-state index in [1.54, 1.807) is 0 Å². The van der Waals surface area contributed by atoms with Gasteiger partial charge < -0.3 is 11.1 Å². The molecule has 0 bridgehead atoms. The number of nitrogens with one attached hydrogen (secondary N) is 1. The largest absolute Gasteiger partial charge is 0.391 e. The Labute approximate surface area is 127 Å². The van der Waals surface area contributed by atoms with E-state index < -0.39 is 23.1 Å². The first-order valence-electron chi connectivity index (χ1n) is 7.02. The average Bonchev–Trinajstić information content (AvgIpc) is 2.65. The third-order valence-electron chi connectivity index (χ3n) is 3.96. The molecular weight excluding hydrogens is 294 g/mol. The maximum atomic E-state index is 13.7. The molecule has 0 atom stereocenters. The van der Waals surface area contributed by atoms with Crippen molar-refractivity contribution in [2.45, 2.75) is 44.1 Å². The lowest BCUT2D eigenvalue weighted by molar-refractivity contribution is 0.0913. The third-order valence-corrected chi connectivity index (χ3v) is 4.35. The molecule has 0 aliphatic heterocycles. The monoisotopic (exact) mass is 312 g/mol. The molecule has 0 saturated heterocycles. The van der Waals surface area contributed by atoms with E-state index in [-0.39, 0.29) is 10.6 Å². The van der Waals surface area contributed by atoms with Crippen molar-refractivity contribution in [1.82, 2.24) is 5.32 Å². The number of rotatable bonds is 3. The highest BCUT2D eigenvalue weighted by molar-refractivity contribution is 7.80. The van der Waals surface area contributed by atoms with Crippen LogP contribution in [0.15, 0.2) is 18.2 Å². The maximum absolute atomic E-state index is 13.7. The molecule has 114 valence electrons. The van der Waals surface area contributed by atoms with Crippen molar-refractivity contribution in [2.24, 2.45) is 5.73 Å². The van der Waals surface area contributed by atoms with Crippen molar-refractivity contribution >= 4 is 23.1 Å². The maximum Gasteiger partial charge on any atom is 0.255 e. The van der Waals surface area contributed by atoms with Gasteiger partial charge in [-0.3, -0.25) is 4.79 Å². The summed E-state index contributed by atoms with van der Waals surface area (Å²) in [5.74, 6) is -2.22. The molecule has 0 unspecified atom stereocenters. The second-order valence-electron chi connectivity index (χ2n) is 5.44. The molecule has 0 heterocycles. The summed E-state index contributed by atoms with van der Waals surface area (Å²) >= 11 is 5.12. The lowest BCUT2D eigenvalue weighted by Crippen LogP contribution is -2.56. The molecule has 1 aliphatic rings. The van der Waals surface area contributed by atoms with Crippen molar-refractivity contribution < 1.29 is 13.6 Å². The predicted molar refractivity (Wildman–Crippen MR) is 81.0 cm³/mol. The zero-order chi connectivity index (χ0) is 15.5. The van der Waals surface area contributed by atoms with Gasteiger partial charge in [0.1, 0.15) is 11.6 Å². The Morgan fingerprint density at radius 3 is 2.33 bits per heavy atom. The molecular formula is C15H18F2N2OS. The van der Waals surface area contributed by atoms with Crippen molar-refractivity contribution in [3.05, 3.63) is 35.4 Å². The van der Waals surface area contributed by atoms with Crippen LogP contribution in [0, 0.1) is 11.6 Å². The van der Waals surface area contributed by atoms with Gasteiger partial charge in [-0.15, -0.1) is 0 Å². The topological polar surface area (TPSA) is 55.1 Å². The second-order valence-corrected chi connectivity index (χ2v) is 5.88. The Hall–Kier alpha value is -1.56. The minimum atomic E-state index is -0.890. The van der Waals surface area contributed by atoms with Gasteiger partial charge in [-0.2, -0.15) is 0 Å². The molecule has 0 spiro atoms. The lowest BCUT2D eigenvalue weighted by atomic mass is 9.89. The van der Waals surface area contributed by atoms with E-state index in [1.165, 1.54) is 0 Å². The Kier molecular flexibility index (Phi) is 4.88. The van der Waals surface area contributed by atoms with E-state index in [4.69, 9.17) is 18.0 Å². The third kappa shape index (κ3) is 3.56. The van der Waals surface area contributed by atoms with Gasteiger partial charge in [0.15, 0.2) is 0 Å². The van der Waals surface area contributed by atoms with Crippen LogP contribution in [0.4, 0.5) is 8.78 Å². The minimum absolute atomic E-state index is 0.198. The number of carbonyl (C=O) groups is 1. The van der Waals surface area contributed by atoms with Crippen molar-refractivity contribution in [3.8, 4) is 0 Å². The molecule has 1 aromatic carbocycles. The zero-order valence-corrected chi connectivity index (χ0v) is 12.4. The fourth-order valence-corrected chi connectivity index (χ4v) is 2.98. The Morgan fingerprint density at radius 2 is 1.81 bits per heavy atom. The van der Waals surface area contributed by atoms with Crippen LogP contribution >= 0.6 is 12.2 Å². The summed E-state index contributed by atoms with van der Waals surface area (Å²) < 4.78 is 26.6. The first-order chi connectivity index (χ1) is 9.94. The molecule has 21 heavy (non-hydrogen) atoms. The number of benzene rings is 1. The van der Waals surface area contributed by atoms with Crippen LogP contribution in [0.2, 0.25) is 0 Å². The normalized spacial score (nSPS) is 17.8. The van der Waals surface area contributed by atoms with Gasteiger partial charge in [0.2, 0.25) is 0 Å².